The molecule has 1 amide bonds. The van der Waals surface area contributed by atoms with Crippen LogP contribution in [0.4, 0.5) is 24.9 Å². The van der Waals surface area contributed by atoms with E-state index in [1.165, 1.54) is 6.42 Å². The van der Waals surface area contributed by atoms with E-state index in [2.05, 4.69) is 10.3 Å². The molecule has 6 nitrogen and oxygen atoms in total. The second-order valence-electron chi connectivity index (χ2n) is 9.57. The summed E-state index contributed by atoms with van der Waals surface area (Å²) in [6, 6.07) is 2.53. The number of alkyl halides is 1. The van der Waals surface area contributed by atoms with Crippen LogP contribution in [0, 0.1) is 29.4 Å². The van der Waals surface area contributed by atoms with Crippen LogP contribution in [0.1, 0.15) is 54.8 Å². The summed E-state index contributed by atoms with van der Waals surface area (Å²) in [5.74, 6) is -1.20. The smallest absolute Gasteiger partial charge is 0.298 e. The third-order valence-corrected chi connectivity index (χ3v) is 7.44. The maximum Gasteiger partial charge on any atom is 0.298 e. The minimum atomic E-state index is -1.00. The van der Waals surface area contributed by atoms with Crippen LogP contribution in [0.25, 0.3) is 0 Å². The number of amides is 1. The molecule has 32 heavy (non-hydrogen) atoms. The van der Waals surface area contributed by atoms with Gasteiger partial charge in [-0.15, -0.1) is 0 Å². The first-order valence-corrected chi connectivity index (χ1v) is 11.3. The molecule has 9 heteroatoms. The lowest BCUT2D eigenvalue weighted by Crippen LogP contribution is -2.51. The third kappa shape index (κ3) is 3.42. The van der Waals surface area contributed by atoms with Gasteiger partial charge in [-0.3, -0.25) is 4.79 Å². The van der Waals surface area contributed by atoms with Crippen molar-refractivity contribution < 1.29 is 27.1 Å². The predicted molar refractivity (Wildman–Crippen MR) is 109 cm³/mol. The predicted octanol–water partition coefficient (Wildman–Crippen LogP) is 4.84. The summed E-state index contributed by atoms with van der Waals surface area (Å²) in [6.45, 7) is -0.251. The van der Waals surface area contributed by atoms with Gasteiger partial charge in [-0.2, -0.15) is 4.98 Å². The molecule has 2 bridgehead atoms. The van der Waals surface area contributed by atoms with Crippen molar-refractivity contribution in [3.05, 3.63) is 35.2 Å². The molecule has 1 aromatic carbocycles. The Hall–Kier alpha value is -2.71. The Balaban J connectivity index is 1.18. The van der Waals surface area contributed by atoms with Gasteiger partial charge in [0, 0.05) is 30.4 Å². The maximum atomic E-state index is 14.5. The summed E-state index contributed by atoms with van der Waals surface area (Å²) in [4.78, 5) is 18.9. The number of carbonyl (C=O) groups is 1. The number of piperidine rings is 2. The number of aromatic nitrogens is 1. The van der Waals surface area contributed by atoms with E-state index in [1.54, 1.807) is 0 Å². The first-order chi connectivity index (χ1) is 15.5. The highest BCUT2D eigenvalue weighted by Gasteiger charge is 2.47. The molecule has 170 valence electrons. The molecule has 2 atom stereocenters. The van der Waals surface area contributed by atoms with Crippen LogP contribution in [0.15, 0.2) is 16.5 Å². The Kier molecular flexibility index (Phi) is 4.62. The molecule has 0 radical (unpaired) electrons. The molecule has 2 unspecified atom stereocenters. The Morgan fingerprint density at radius 3 is 2.50 bits per heavy atom. The largest absolute Gasteiger partial charge is 0.484 e. The van der Waals surface area contributed by atoms with Crippen molar-refractivity contribution in [2.24, 2.45) is 17.8 Å². The Morgan fingerprint density at radius 2 is 1.88 bits per heavy atom. The molecule has 1 N–H and O–H groups in total. The Bertz CT molecular complexity index is 1030. The Labute approximate surface area is 183 Å². The number of ether oxygens (including phenoxy) is 1. The van der Waals surface area contributed by atoms with Crippen LogP contribution in [0.2, 0.25) is 0 Å². The third-order valence-electron chi connectivity index (χ3n) is 7.44. The number of rotatable bonds is 6. The van der Waals surface area contributed by atoms with Crippen LogP contribution in [0.5, 0.6) is 5.75 Å². The van der Waals surface area contributed by atoms with Crippen molar-refractivity contribution >= 4 is 17.6 Å². The van der Waals surface area contributed by atoms with Crippen molar-refractivity contribution in [1.82, 2.24) is 4.98 Å². The number of benzene rings is 1. The second-order valence-corrected chi connectivity index (χ2v) is 9.57. The number of anilines is 2. The fraction of sp³-hybridized carbons (Fsp3) is 0.565. The highest BCUT2D eigenvalue weighted by Crippen LogP contribution is 2.52. The van der Waals surface area contributed by atoms with E-state index in [-0.39, 0.29) is 29.3 Å². The van der Waals surface area contributed by atoms with Crippen molar-refractivity contribution in [1.29, 1.82) is 0 Å². The van der Waals surface area contributed by atoms with Gasteiger partial charge in [0.05, 0.1) is 6.10 Å². The van der Waals surface area contributed by atoms with Crippen molar-refractivity contribution in [3.8, 4) is 5.75 Å². The lowest BCUT2D eigenvalue weighted by molar-refractivity contribution is 0.101. The number of carbonyl (C=O) groups excluding carboxylic acids is 1. The van der Waals surface area contributed by atoms with E-state index in [9.17, 15) is 18.0 Å². The number of nitrogens with zero attached hydrogens (tertiary/aromatic N) is 2. The molecule has 1 aromatic heterocycles. The molecular formula is C23H24F3N3O3. The zero-order valence-electron chi connectivity index (χ0n) is 17.5. The number of fused-ring (bicyclic) bond motifs is 3. The molecule has 3 aliphatic carbocycles. The van der Waals surface area contributed by atoms with Gasteiger partial charge in [0.2, 0.25) is 0 Å². The fourth-order valence-electron chi connectivity index (χ4n) is 5.53. The van der Waals surface area contributed by atoms with E-state index in [0.717, 1.165) is 56.7 Å². The molecule has 2 saturated heterocycles. The number of nitrogens with one attached hydrogen (secondary N) is 1. The summed E-state index contributed by atoms with van der Waals surface area (Å²) < 4.78 is 53.7. The van der Waals surface area contributed by atoms with Crippen LogP contribution < -0.4 is 15.0 Å². The van der Waals surface area contributed by atoms with Crippen molar-refractivity contribution in [2.75, 3.05) is 16.8 Å². The van der Waals surface area contributed by atoms with Crippen molar-refractivity contribution in [3.63, 3.8) is 0 Å². The minimum Gasteiger partial charge on any atom is -0.484 e. The Morgan fingerprint density at radius 1 is 1.16 bits per heavy atom. The molecule has 2 aliphatic heterocycles. The van der Waals surface area contributed by atoms with Gasteiger partial charge in [-0.1, -0.05) is 0 Å². The number of hydrogen-bond acceptors (Lipinski definition) is 5. The van der Waals surface area contributed by atoms with Crippen LogP contribution >= 0.6 is 0 Å². The van der Waals surface area contributed by atoms with Crippen LogP contribution in [-0.4, -0.2) is 29.6 Å². The van der Waals surface area contributed by atoms with E-state index in [1.807, 2.05) is 4.90 Å². The van der Waals surface area contributed by atoms with E-state index >= 15 is 0 Å². The van der Waals surface area contributed by atoms with Gasteiger partial charge >= 0.3 is 0 Å². The highest BCUT2D eigenvalue weighted by atomic mass is 19.1. The summed E-state index contributed by atoms with van der Waals surface area (Å²) in [5.41, 5.74) is -0.309. The quantitative estimate of drug-likeness (QED) is 0.686. The zero-order chi connectivity index (χ0) is 22.0. The summed E-state index contributed by atoms with van der Waals surface area (Å²) >= 11 is 0. The fourth-order valence-corrected chi connectivity index (χ4v) is 5.53. The lowest BCUT2D eigenvalue weighted by atomic mass is 9.74. The van der Waals surface area contributed by atoms with Gasteiger partial charge in [0.1, 0.15) is 6.67 Å². The normalized spacial score (nSPS) is 30.0. The first kappa shape index (κ1) is 19.9. The minimum absolute atomic E-state index is 0.0965. The maximum absolute atomic E-state index is 14.5. The van der Waals surface area contributed by atoms with Gasteiger partial charge in [-0.25, -0.2) is 13.2 Å². The van der Waals surface area contributed by atoms with Gasteiger partial charge < -0.3 is 19.4 Å². The number of oxazole rings is 1. The number of halogens is 3. The van der Waals surface area contributed by atoms with E-state index in [0.29, 0.717) is 17.9 Å². The first-order valence-electron chi connectivity index (χ1n) is 11.3. The monoisotopic (exact) mass is 447 g/mol. The molecule has 2 aromatic rings. The molecule has 5 aliphatic rings. The van der Waals surface area contributed by atoms with Crippen molar-refractivity contribution in [2.45, 2.75) is 57.3 Å². The van der Waals surface area contributed by atoms with Gasteiger partial charge in [-0.05, 0) is 56.3 Å². The van der Waals surface area contributed by atoms with Gasteiger partial charge in [0.25, 0.3) is 11.9 Å². The average Bonchev–Trinajstić information content (AvgIpc) is 3.17. The lowest BCUT2D eigenvalue weighted by Gasteiger charge is -2.48. The molecule has 7 rings (SSSR count). The van der Waals surface area contributed by atoms with Crippen LogP contribution in [0.3, 0.4) is 0 Å². The second kappa shape index (κ2) is 7.42. The zero-order valence-corrected chi connectivity index (χ0v) is 17.5. The average molecular weight is 447 g/mol. The van der Waals surface area contributed by atoms with E-state index in [4.69, 9.17) is 9.15 Å². The van der Waals surface area contributed by atoms with E-state index < -0.39 is 30.0 Å². The summed E-state index contributed by atoms with van der Waals surface area (Å²) in [7, 11) is 0. The SMILES string of the molecule is O=C(Nc1cc(F)c(OC2CC3CC3C2)c(F)c1)c1nc(N2CCC3CC2C3)oc1CF. The topological polar surface area (TPSA) is 67.6 Å². The molecule has 0 spiro atoms. The molecule has 3 saturated carbocycles. The summed E-state index contributed by atoms with van der Waals surface area (Å²) in [5, 5.41) is 2.40. The molecular weight excluding hydrogens is 423 g/mol. The number of hydrogen-bond donors (Lipinski definition) is 1. The van der Waals surface area contributed by atoms with Crippen LogP contribution in [-0.2, 0) is 6.67 Å². The summed E-state index contributed by atoms with van der Waals surface area (Å²) in [6.07, 6.45) is 5.75. The standard InChI is InChI=1S/C23H24F3N3O3/c24-10-19-20(28-23(32-19)29-2-1-11-3-15(29)4-11)22(30)27-14-8-17(25)21(18(26)9-14)31-16-6-12-5-13(12)7-16/h8-9,11-13,15-16H,1-7,10H2,(H,27,30). The highest BCUT2D eigenvalue weighted by molar-refractivity contribution is 6.03. The molecule has 5 fully saturated rings. The van der Waals surface area contributed by atoms with Gasteiger partial charge in [0.15, 0.2) is 28.8 Å². The molecule has 3 heterocycles.